The van der Waals surface area contributed by atoms with Crippen LogP contribution in [0, 0.1) is 5.92 Å². The van der Waals surface area contributed by atoms with E-state index in [0.717, 1.165) is 0 Å². The summed E-state index contributed by atoms with van der Waals surface area (Å²) in [6, 6.07) is -0.605. The predicted octanol–water partition coefficient (Wildman–Crippen LogP) is 1.04. The molecule has 19 heavy (non-hydrogen) atoms. The second-order valence-electron chi connectivity index (χ2n) is 5.41. The number of rotatable bonds is 4. The van der Waals surface area contributed by atoms with Crippen LogP contribution in [0.1, 0.15) is 27.2 Å². The third-order valence-corrected chi connectivity index (χ3v) is 9.83. The number of hydrogen-bond donors (Lipinski definition) is 2. The minimum absolute atomic E-state index is 0.250. The van der Waals surface area contributed by atoms with Crippen molar-refractivity contribution in [2.45, 2.75) is 43.7 Å². The number of nitrogens with one attached hydrogen (secondary N) is 1. The van der Waals surface area contributed by atoms with E-state index in [1.807, 2.05) is 0 Å². The Labute approximate surface area is 119 Å². The summed E-state index contributed by atoms with van der Waals surface area (Å²) < 4.78 is 23.9. The van der Waals surface area contributed by atoms with Crippen molar-refractivity contribution in [3.63, 3.8) is 0 Å². The minimum atomic E-state index is -4.71. The molecule has 3 atom stereocenters. The monoisotopic (exact) mass is 355 g/mol. The molecular formula is C12H18ClNO4Se. The molecule has 2 heterocycles. The van der Waals surface area contributed by atoms with Gasteiger partial charge < -0.3 is 0 Å². The van der Waals surface area contributed by atoms with Gasteiger partial charge in [-0.05, 0) is 0 Å². The van der Waals surface area contributed by atoms with E-state index in [4.69, 9.17) is 11.6 Å². The van der Waals surface area contributed by atoms with Gasteiger partial charge in [0.2, 0.25) is 0 Å². The van der Waals surface area contributed by atoms with E-state index in [1.165, 1.54) is 6.92 Å². The number of alkyl halides is 1. The summed E-state index contributed by atoms with van der Waals surface area (Å²) in [5.74, 6) is -0.594. The maximum atomic E-state index is 12.7. The van der Waals surface area contributed by atoms with Crippen LogP contribution in [0.3, 0.4) is 0 Å². The van der Waals surface area contributed by atoms with Crippen LogP contribution in [-0.4, -0.2) is 41.7 Å². The molecule has 2 rings (SSSR count). The number of β-lactam (4-membered cyclic amide) rings is 1. The summed E-state index contributed by atoms with van der Waals surface area (Å²) in [6.45, 7) is 4.94. The zero-order valence-electron chi connectivity index (χ0n) is 11.1. The van der Waals surface area contributed by atoms with Crippen molar-refractivity contribution in [2.24, 2.45) is 5.92 Å². The summed E-state index contributed by atoms with van der Waals surface area (Å²) in [5.41, 5.74) is 0.652. The number of carbonyl (C=O) groups excluding carboxylic acids is 1. The van der Waals surface area contributed by atoms with Crippen LogP contribution in [0.4, 0.5) is 0 Å². The number of hydrogen-bond acceptors (Lipinski definition) is 4. The quantitative estimate of drug-likeness (QED) is 0.449. The SMILES string of the molecule is CC1=C(CCCl)[C@@H]2NC(=O)[C@]2([C@@H](O)C(C)C)[Se]1(=O)=O. The molecule has 0 saturated carbocycles. The molecule has 1 fully saturated rings. The van der Waals surface area contributed by atoms with E-state index < -0.39 is 35.1 Å². The number of halogens is 1. The number of aliphatic hydroxyl groups excluding tert-OH is 1. The molecule has 2 N–H and O–H groups in total. The molecule has 0 spiro atoms. The molecular weight excluding hydrogens is 337 g/mol. The summed E-state index contributed by atoms with van der Waals surface area (Å²) in [4.78, 5) is 12.0. The molecule has 0 bridgehead atoms. The third kappa shape index (κ3) is 1.60. The number of aliphatic hydroxyl groups is 1. The van der Waals surface area contributed by atoms with Crippen molar-refractivity contribution in [2.75, 3.05) is 5.88 Å². The Balaban J connectivity index is 2.59. The van der Waals surface area contributed by atoms with Crippen LogP contribution < -0.4 is 5.32 Å². The van der Waals surface area contributed by atoms with E-state index in [1.54, 1.807) is 13.8 Å². The van der Waals surface area contributed by atoms with Gasteiger partial charge >= 0.3 is 119 Å². The summed E-state index contributed by atoms with van der Waals surface area (Å²) in [5, 5.41) is 13.0. The summed E-state index contributed by atoms with van der Waals surface area (Å²) in [7, 11) is 0. The van der Waals surface area contributed by atoms with Crippen LogP contribution in [-0.2, 0) is 12.5 Å². The fourth-order valence-electron chi connectivity index (χ4n) is 3.04. The first kappa shape index (κ1) is 15.0. The van der Waals surface area contributed by atoms with Crippen molar-refractivity contribution in [1.82, 2.24) is 5.32 Å². The van der Waals surface area contributed by atoms with Crippen LogP contribution >= 0.6 is 11.6 Å². The van der Waals surface area contributed by atoms with Gasteiger partial charge in [-0.3, -0.25) is 0 Å². The zero-order valence-corrected chi connectivity index (χ0v) is 13.6. The molecule has 108 valence electrons. The van der Waals surface area contributed by atoms with E-state index >= 15 is 0 Å². The van der Waals surface area contributed by atoms with Crippen LogP contribution in [0.2, 0.25) is 4.31 Å². The van der Waals surface area contributed by atoms with Gasteiger partial charge in [0.1, 0.15) is 0 Å². The number of allylic oxidation sites excluding steroid dienone is 1. The number of carbonyl (C=O) groups is 1. The predicted molar refractivity (Wildman–Crippen MR) is 70.6 cm³/mol. The molecule has 2 aliphatic rings. The Morgan fingerprint density at radius 3 is 2.47 bits per heavy atom. The van der Waals surface area contributed by atoms with Crippen LogP contribution in [0.15, 0.2) is 10.0 Å². The Morgan fingerprint density at radius 1 is 1.47 bits per heavy atom. The fraction of sp³-hybridized carbons (Fsp3) is 0.750. The van der Waals surface area contributed by atoms with E-state index in [0.29, 0.717) is 17.9 Å². The molecule has 0 unspecified atom stereocenters. The molecule has 7 heteroatoms. The topological polar surface area (TPSA) is 83.5 Å². The van der Waals surface area contributed by atoms with E-state index in [2.05, 4.69) is 5.32 Å². The van der Waals surface area contributed by atoms with Gasteiger partial charge in [-0.2, -0.15) is 0 Å². The van der Waals surface area contributed by atoms with Gasteiger partial charge in [0.15, 0.2) is 0 Å². The average Bonchev–Trinajstić information content (AvgIpc) is 2.43. The summed E-state index contributed by atoms with van der Waals surface area (Å²) >= 11 is 0.992. The van der Waals surface area contributed by atoms with Crippen molar-refractivity contribution < 1.29 is 17.6 Å². The molecule has 5 nitrogen and oxygen atoms in total. The van der Waals surface area contributed by atoms with Gasteiger partial charge in [-0.1, -0.05) is 0 Å². The molecule has 2 aliphatic heterocycles. The number of fused-ring (bicyclic) bond motifs is 1. The van der Waals surface area contributed by atoms with Crippen molar-refractivity contribution in [3.8, 4) is 0 Å². The molecule has 1 amide bonds. The molecule has 0 aromatic heterocycles. The van der Waals surface area contributed by atoms with Gasteiger partial charge in [0, 0.05) is 0 Å². The van der Waals surface area contributed by atoms with Gasteiger partial charge in [0.25, 0.3) is 0 Å². The Bertz CT molecular complexity index is 554. The van der Waals surface area contributed by atoms with Crippen molar-refractivity contribution >= 4 is 30.2 Å². The maximum absolute atomic E-state index is 12.7. The molecule has 1 saturated heterocycles. The van der Waals surface area contributed by atoms with Gasteiger partial charge in [0.05, 0.1) is 0 Å². The Kier molecular flexibility index (Phi) is 3.59. The second-order valence-corrected chi connectivity index (χ2v) is 10.6. The average molecular weight is 355 g/mol. The Morgan fingerprint density at radius 2 is 2.05 bits per heavy atom. The summed E-state index contributed by atoms with van der Waals surface area (Å²) in [6.07, 6.45) is -0.780. The molecule has 0 aromatic rings. The Hall–Kier alpha value is -0.421. The van der Waals surface area contributed by atoms with Crippen molar-refractivity contribution in [3.05, 3.63) is 10.0 Å². The third-order valence-electron chi connectivity index (χ3n) is 4.14. The molecule has 0 aliphatic carbocycles. The van der Waals surface area contributed by atoms with Crippen LogP contribution in [0.5, 0.6) is 0 Å². The molecule has 0 radical (unpaired) electrons. The van der Waals surface area contributed by atoms with E-state index in [-0.39, 0.29) is 10.4 Å². The first-order chi connectivity index (χ1) is 8.72. The second kappa shape index (κ2) is 4.55. The zero-order chi connectivity index (χ0) is 14.6. The normalized spacial score (nSPS) is 34.0. The van der Waals surface area contributed by atoms with Crippen molar-refractivity contribution in [1.29, 1.82) is 0 Å². The molecule has 0 aromatic carbocycles. The standard InChI is InChI=1S/C12H18ClNO4Se/c1-6(2)10(15)12-9(14-11(12)16)8(4-5-13)7(3)19(12,17)18/h6,9-10,15H,4-5H2,1-3H3,(H,14,16)/t9-,10-,12-/m0/s1. The first-order valence-electron chi connectivity index (χ1n) is 6.22. The van der Waals surface area contributed by atoms with E-state index in [9.17, 15) is 17.6 Å². The van der Waals surface area contributed by atoms with Gasteiger partial charge in [-0.25, -0.2) is 0 Å². The fourth-order valence-corrected chi connectivity index (χ4v) is 8.44. The first-order valence-corrected chi connectivity index (χ1v) is 9.86. The van der Waals surface area contributed by atoms with Crippen LogP contribution in [0.25, 0.3) is 0 Å². The van der Waals surface area contributed by atoms with Gasteiger partial charge in [-0.15, -0.1) is 0 Å². The number of amides is 1.